The maximum Gasteiger partial charge on any atom is 0.159 e. The van der Waals surface area contributed by atoms with Crippen LogP contribution in [0, 0.1) is 6.92 Å². The van der Waals surface area contributed by atoms with Gasteiger partial charge in [0.2, 0.25) is 0 Å². The Morgan fingerprint density at radius 1 is 1.37 bits per heavy atom. The van der Waals surface area contributed by atoms with Crippen LogP contribution in [-0.4, -0.2) is 32.5 Å². The van der Waals surface area contributed by atoms with E-state index >= 15 is 0 Å². The maximum atomic E-state index is 6.24. The summed E-state index contributed by atoms with van der Waals surface area (Å²) in [5.41, 5.74) is 2.94. The molecule has 1 unspecified atom stereocenters. The summed E-state index contributed by atoms with van der Waals surface area (Å²) in [6.45, 7) is 10.9. The number of aromatic nitrogens is 4. The van der Waals surface area contributed by atoms with Gasteiger partial charge in [0.1, 0.15) is 11.3 Å². The van der Waals surface area contributed by atoms with Gasteiger partial charge in [-0.05, 0) is 27.7 Å². The number of alkyl halides is 1. The van der Waals surface area contributed by atoms with E-state index in [1.807, 2.05) is 25.5 Å². The molecule has 0 aliphatic carbocycles. The quantitative estimate of drug-likeness (QED) is 0.605. The Balaban J connectivity index is 2.51. The largest absolute Gasteiger partial charge is 0.380 e. The lowest BCUT2D eigenvalue weighted by molar-refractivity contribution is 0.139. The number of rotatable bonds is 6. The van der Waals surface area contributed by atoms with Crippen molar-refractivity contribution >= 4 is 22.8 Å². The molecule has 1 atom stereocenters. The molecule has 0 spiro atoms. The minimum Gasteiger partial charge on any atom is -0.380 e. The van der Waals surface area contributed by atoms with Gasteiger partial charge in [-0.15, -0.1) is 11.6 Å². The average Bonchev–Trinajstić information content (AvgIpc) is 2.89. The second kappa shape index (κ2) is 5.92. The second-order valence-corrected chi connectivity index (χ2v) is 5.16. The molecule has 0 saturated heterocycles. The van der Waals surface area contributed by atoms with Crippen LogP contribution in [0.25, 0.3) is 11.2 Å². The van der Waals surface area contributed by atoms with Crippen molar-refractivity contribution in [1.29, 1.82) is 0 Å². The van der Waals surface area contributed by atoms with Crippen LogP contribution < -0.4 is 0 Å². The van der Waals surface area contributed by atoms with Gasteiger partial charge < -0.3 is 9.30 Å². The topological polar surface area (TPSA) is 44.9 Å². The molecule has 0 amide bonds. The Morgan fingerprint density at radius 2 is 2.11 bits per heavy atom. The number of hydrogen-bond donors (Lipinski definition) is 0. The molecule has 106 valence electrons. The van der Waals surface area contributed by atoms with E-state index in [-0.39, 0.29) is 5.38 Å². The number of imidazole rings is 1. The number of halogens is 1. The van der Waals surface area contributed by atoms with Crippen molar-refractivity contribution in [2.24, 2.45) is 0 Å². The number of aryl methyl sites for hydroxylation is 2. The molecule has 5 nitrogen and oxygen atoms in total. The molecule has 0 N–H and O–H groups in total. The van der Waals surface area contributed by atoms with Crippen molar-refractivity contribution in [3.63, 3.8) is 0 Å². The van der Waals surface area contributed by atoms with Gasteiger partial charge in [0.15, 0.2) is 5.65 Å². The maximum absolute atomic E-state index is 6.24. The van der Waals surface area contributed by atoms with Gasteiger partial charge in [-0.1, -0.05) is 0 Å². The molecule has 0 fully saturated rings. The van der Waals surface area contributed by atoms with Crippen LogP contribution in [0.1, 0.15) is 37.7 Å². The zero-order chi connectivity index (χ0) is 14.0. The first kappa shape index (κ1) is 14.3. The summed E-state index contributed by atoms with van der Waals surface area (Å²) in [5.74, 6) is 0.888. The molecule has 0 aliphatic rings. The highest BCUT2D eigenvalue weighted by Crippen LogP contribution is 2.26. The lowest BCUT2D eigenvalue weighted by Crippen LogP contribution is -2.13. The van der Waals surface area contributed by atoms with Crippen LogP contribution in [0.3, 0.4) is 0 Å². The first-order chi connectivity index (χ1) is 9.10. The Labute approximate surface area is 118 Å². The van der Waals surface area contributed by atoms with Crippen molar-refractivity contribution < 1.29 is 4.74 Å². The number of hydrogen-bond acceptors (Lipinski definition) is 3. The van der Waals surface area contributed by atoms with E-state index in [4.69, 9.17) is 16.3 Å². The van der Waals surface area contributed by atoms with Gasteiger partial charge in [-0.3, -0.25) is 0 Å². The van der Waals surface area contributed by atoms with Crippen LogP contribution in [0.2, 0.25) is 0 Å². The highest BCUT2D eigenvalue weighted by molar-refractivity contribution is 6.20. The van der Waals surface area contributed by atoms with Crippen molar-refractivity contribution in [1.82, 2.24) is 19.3 Å². The molecular weight excluding hydrogens is 264 g/mol. The van der Waals surface area contributed by atoms with E-state index in [9.17, 15) is 0 Å². The summed E-state index contributed by atoms with van der Waals surface area (Å²) in [4.78, 5) is 4.65. The fourth-order valence-corrected chi connectivity index (χ4v) is 2.45. The molecule has 0 aliphatic heterocycles. The van der Waals surface area contributed by atoms with E-state index in [1.165, 1.54) is 0 Å². The molecule has 0 saturated carbocycles. The third-order valence-corrected chi connectivity index (χ3v) is 3.34. The fourth-order valence-electron chi connectivity index (χ4n) is 2.29. The minimum atomic E-state index is -0.126. The molecule has 2 aromatic rings. The van der Waals surface area contributed by atoms with Gasteiger partial charge in [-0.2, -0.15) is 5.10 Å². The third kappa shape index (κ3) is 2.62. The lowest BCUT2D eigenvalue weighted by Gasteiger charge is -2.11. The normalized spacial score (nSPS) is 13.3. The molecule has 0 aromatic carbocycles. The summed E-state index contributed by atoms with van der Waals surface area (Å²) >= 11 is 6.24. The summed E-state index contributed by atoms with van der Waals surface area (Å²) < 4.78 is 9.56. The van der Waals surface area contributed by atoms with Gasteiger partial charge in [0, 0.05) is 19.7 Å². The van der Waals surface area contributed by atoms with E-state index in [2.05, 4.69) is 21.6 Å². The standard InChI is InChI=1S/C13H21ClN4O/c1-5-18-13-11(10(4)16-18)15-12(9(3)14)17(13)7-8-19-6-2/h9H,5-8H2,1-4H3. The summed E-state index contributed by atoms with van der Waals surface area (Å²) in [7, 11) is 0. The zero-order valence-corrected chi connectivity index (χ0v) is 12.7. The molecule has 2 heterocycles. The van der Waals surface area contributed by atoms with E-state index < -0.39 is 0 Å². The Kier molecular flexibility index (Phi) is 4.47. The Bertz CT molecular complexity index is 558. The molecule has 6 heteroatoms. The highest BCUT2D eigenvalue weighted by atomic mass is 35.5. The summed E-state index contributed by atoms with van der Waals surface area (Å²) in [6, 6.07) is 0. The first-order valence-corrected chi connectivity index (χ1v) is 7.19. The molecule has 19 heavy (non-hydrogen) atoms. The Hall–Kier alpha value is -1.07. The lowest BCUT2D eigenvalue weighted by atomic mass is 10.4. The zero-order valence-electron chi connectivity index (χ0n) is 12.0. The van der Waals surface area contributed by atoms with Crippen LogP contribution in [-0.2, 0) is 17.8 Å². The van der Waals surface area contributed by atoms with Crippen molar-refractivity contribution in [3.05, 3.63) is 11.5 Å². The summed E-state index contributed by atoms with van der Waals surface area (Å²) in [6.07, 6.45) is 0. The monoisotopic (exact) mass is 284 g/mol. The summed E-state index contributed by atoms with van der Waals surface area (Å²) in [5, 5.41) is 4.38. The van der Waals surface area contributed by atoms with Crippen molar-refractivity contribution in [3.8, 4) is 0 Å². The first-order valence-electron chi connectivity index (χ1n) is 6.75. The predicted molar refractivity (Wildman–Crippen MR) is 76.7 cm³/mol. The van der Waals surface area contributed by atoms with Crippen LogP contribution >= 0.6 is 11.6 Å². The molecule has 0 bridgehead atoms. The van der Waals surface area contributed by atoms with Crippen LogP contribution in [0.15, 0.2) is 0 Å². The third-order valence-electron chi connectivity index (χ3n) is 3.15. The van der Waals surface area contributed by atoms with Crippen LogP contribution in [0.5, 0.6) is 0 Å². The van der Waals surface area contributed by atoms with E-state index in [0.29, 0.717) is 6.61 Å². The SMILES string of the molecule is CCOCCn1c(C(C)Cl)nc2c(C)nn(CC)c21. The van der Waals surface area contributed by atoms with Gasteiger partial charge in [-0.25, -0.2) is 9.67 Å². The second-order valence-electron chi connectivity index (χ2n) is 4.51. The number of fused-ring (bicyclic) bond motifs is 1. The van der Waals surface area contributed by atoms with Gasteiger partial charge >= 0.3 is 0 Å². The van der Waals surface area contributed by atoms with E-state index in [0.717, 1.165) is 42.4 Å². The molecular formula is C13H21ClN4O. The van der Waals surface area contributed by atoms with Gasteiger partial charge in [0.25, 0.3) is 0 Å². The fraction of sp³-hybridized carbons (Fsp3) is 0.692. The highest BCUT2D eigenvalue weighted by Gasteiger charge is 2.20. The smallest absolute Gasteiger partial charge is 0.159 e. The predicted octanol–water partition coefficient (Wildman–Crippen LogP) is 2.90. The number of ether oxygens (including phenoxy) is 1. The van der Waals surface area contributed by atoms with E-state index in [1.54, 1.807) is 0 Å². The Morgan fingerprint density at radius 3 is 2.68 bits per heavy atom. The molecule has 2 aromatic heterocycles. The average molecular weight is 285 g/mol. The van der Waals surface area contributed by atoms with Crippen molar-refractivity contribution in [2.75, 3.05) is 13.2 Å². The van der Waals surface area contributed by atoms with Crippen molar-refractivity contribution in [2.45, 2.75) is 46.2 Å². The van der Waals surface area contributed by atoms with Gasteiger partial charge in [0.05, 0.1) is 17.7 Å². The molecule has 2 rings (SSSR count). The molecule has 0 radical (unpaired) electrons. The van der Waals surface area contributed by atoms with Crippen LogP contribution in [0.4, 0.5) is 0 Å². The number of nitrogens with zero attached hydrogens (tertiary/aromatic N) is 4. The minimum absolute atomic E-state index is 0.126.